The summed E-state index contributed by atoms with van der Waals surface area (Å²) in [4.78, 5) is 16.6. The third-order valence-electron chi connectivity index (χ3n) is 4.43. The first-order valence-electron chi connectivity index (χ1n) is 8.11. The highest BCUT2D eigenvalue weighted by molar-refractivity contribution is 5.92. The van der Waals surface area contributed by atoms with Crippen molar-refractivity contribution in [1.29, 1.82) is 0 Å². The maximum atomic E-state index is 12.4. The van der Waals surface area contributed by atoms with Gasteiger partial charge in [-0.1, -0.05) is 6.07 Å². The van der Waals surface area contributed by atoms with Gasteiger partial charge in [0.1, 0.15) is 5.69 Å². The summed E-state index contributed by atoms with van der Waals surface area (Å²) < 4.78 is 10.8. The molecule has 0 saturated carbocycles. The van der Waals surface area contributed by atoms with Gasteiger partial charge in [0, 0.05) is 38.4 Å². The predicted octanol–water partition coefficient (Wildman–Crippen LogP) is 1.40. The number of piperazine rings is 1. The fourth-order valence-corrected chi connectivity index (χ4v) is 3.10. The number of aromatic amines is 1. The van der Waals surface area contributed by atoms with Crippen molar-refractivity contribution in [3.05, 3.63) is 41.2 Å². The number of carbonyl (C=O) groups excluding carboxylic acids is 1. The molecule has 1 aromatic carbocycles. The van der Waals surface area contributed by atoms with Gasteiger partial charge in [0.15, 0.2) is 11.5 Å². The highest BCUT2D eigenvalue weighted by atomic mass is 16.7. The first kappa shape index (κ1) is 15.0. The molecule has 2 aliphatic heterocycles. The van der Waals surface area contributed by atoms with Crippen LogP contribution < -0.4 is 9.47 Å². The molecule has 0 aliphatic carbocycles. The Morgan fingerprint density at radius 1 is 1.17 bits per heavy atom. The number of amides is 1. The highest BCUT2D eigenvalue weighted by Gasteiger charge is 2.24. The minimum absolute atomic E-state index is 0.00193. The molecular weight excluding hydrogens is 308 g/mol. The number of rotatable bonds is 3. The average Bonchev–Trinajstić information content (AvgIpc) is 3.23. The van der Waals surface area contributed by atoms with Crippen LogP contribution in [-0.2, 0) is 6.54 Å². The molecule has 1 saturated heterocycles. The molecule has 4 rings (SSSR count). The summed E-state index contributed by atoms with van der Waals surface area (Å²) in [5.74, 6) is 1.63. The molecule has 3 heterocycles. The van der Waals surface area contributed by atoms with E-state index in [0.29, 0.717) is 12.5 Å². The minimum atomic E-state index is 0.00193. The summed E-state index contributed by atoms with van der Waals surface area (Å²) in [5.41, 5.74) is 2.60. The zero-order chi connectivity index (χ0) is 16.5. The second kappa shape index (κ2) is 6.16. The van der Waals surface area contributed by atoms with Gasteiger partial charge in [-0.05, 0) is 30.7 Å². The lowest BCUT2D eigenvalue weighted by Crippen LogP contribution is -2.48. The molecule has 1 aromatic heterocycles. The van der Waals surface area contributed by atoms with E-state index in [4.69, 9.17) is 9.47 Å². The van der Waals surface area contributed by atoms with Crippen molar-refractivity contribution in [2.75, 3.05) is 33.0 Å². The molecule has 0 unspecified atom stereocenters. The highest BCUT2D eigenvalue weighted by Crippen LogP contribution is 2.32. The van der Waals surface area contributed by atoms with Gasteiger partial charge in [0.2, 0.25) is 6.79 Å². The molecule has 1 N–H and O–H groups in total. The molecule has 0 bridgehead atoms. The third kappa shape index (κ3) is 2.94. The summed E-state index contributed by atoms with van der Waals surface area (Å²) in [5, 5.41) is 6.88. The molecule has 7 heteroatoms. The standard InChI is InChI=1S/C17H20N4O3/c1-12-8-14(19-18-12)17(22)21-6-4-20(5-7-21)10-13-2-3-15-16(9-13)24-11-23-15/h2-3,8-9H,4-7,10-11H2,1H3,(H,18,19). The lowest BCUT2D eigenvalue weighted by atomic mass is 10.1. The molecule has 7 nitrogen and oxygen atoms in total. The Morgan fingerprint density at radius 3 is 2.71 bits per heavy atom. The Hall–Kier alpha value is -2.54. The van der Waals surface area contributed by atoms with Crippen LogP contribution in [0.3, 0.4) is 0 Å². The van der Waals surface area contributed by atoms with E-state index in [1.807, 2.05) is 24.0 Å². The fourth-order valence-electron chi connectivity index (χ4n) is 3.10. The third-order valence-corrected chi connectivity index (χ3v) is 4.43. The monoisotopic (exact) mass is 328 g/mol. The zero-order valence-corrected chi connectivity index (χ0v) is 13.6. The number of H-pyrrole nitrogens is 1. The van der Waals surface area contributed by atoms with Crippen molar-refractivity contribution in [3.63, 3.8) is 0 Å². The minimum Gasteiger partial charge on any atom is -0.454 e. The molecule has 126 valence electrons. The molecule has 0 atom stereocenters. The second-order valence-corrected chi connectivity index (χ2v) is 6.19. The van der Waals surface area contributed by atoms with Crippen molar-refractivity contribution >= 4 is 5.91 Å². The normalized spacial score (nSPS) is 17.3. The van der Waals surface area contributed by atoms with Gasteiger partial charge < -0.3 is 14.4 Å². The van der Waals surface area contributed by atoms with E-state index < -0.39 is 0 Å². The van der Waals surface area contributed by atoms with Crippen LogP contribution in [0.1, 0.15) is 21.7 Å². The quantitative estimate of drug-likeness (QED) is 0.922. The zero-order valence-electron chi connectivity index (χ0n) is 13.6. The summed E-state index contributed by atoms with van der Waals surface area (Å²) in [7, 11) is 0. The number of ether oxygens (including phenoxy) is 2. The van der Waals surface area contributed by atoms with Crippen molar-refractivity contribution in [2.24, 2.45) is 0 Å². The van der Waals surface area contributed by atoms with Crippen molar-refractivity contribution < 1.29 is 14.3 Å². The van der Waals surface area contributed by atoms with E-state index >= 15 is 0 Å². The van der Waals surface area contributed by atoms with Crippen LogP contribution in [-0.4, -0.2) is 58.9 Å². The number of benzene rings is 1. The molecule has 1 fully saturated rings. The fraction of sp³-hybridized carbons (Fsp3) is 0.412. The Bertz CT molecular complexity index is 750. The number of aromatic nitrogens is 2. The van der Waals surface area contributed by atoms with E-state index in [0.717, 1.165) is 49.9 Å². The molecule has 0 spiro atoms. The lowest BCUT2D eigenvalue weighted by Gasteiger charge is -2.34. The number of carbonyl (C=O) groups is 1. The Labute approximate surface area is 140 Å². The van der Waals surface area contributed by atoms with E-state index in [1.165, 1.54) is 5.56 Å². The van der Waals surface area contributed by atoms with E-state index in [-0.39, 0.29) is 5.91 Å². The van der Waals surface area contributed by atoms with E-state index in [2.05, 4.69) is 21.2 Å². The van der Waals surface area contributed by atoms with Crippen LogP contribution in [0.2, 0.25) is 0 Å². The lowest BCUT2D eigenvalue weighted by molar-refractivity contribution is 0.0622. The van der Waals surface area contributed by atoms with E-state index in [1.54, 1.807) is 6.07 Å². The van der Waals surface area contributed by atoms with Crippen molar-refractivity contribution in [1.82, 2.24) is 20.0 Å². The van der Waals surface area contributed by atoms with Gasteiger partial charge in [-0.2, -0.15) is 5.10 Å². The number of hydrogen-bond donors (Lipinski definition) is 1. The Morgan fingerprint density at radius 2 is 1.96 bits per heavy atom. The summed E-state index contributed by atoms with van der Waals surface area (Å²) in [6.45, 7) is 6.18. The molecule has 2 aliphatic rings. The second-order valence-electron chi connectivity index (χ2n) is 6.19. The first-order valence-corrected chi connectivity index (χ1v) is 8.11. The SMILES string of the molecule is Cc1cc(C(=O)N2CCN(Cc3ccc4c(c3)OCO4)CC2)n[nH]1. The maximum absolute atomic E-state index is 12.4. The Balaban J connectivity index is 1.34. The van der Waals surface area contributed by atoms with Crippen LogP contribution in [0, 0.1) is 6.92 Å². The van der Waals surface area contributed by atoms with Gasteiger partial charge in [-0.25, -0.2) is 0 Å². The molecule has 1 amide bonds. The van der Waals surface area contributed by atoms with Gasteiger partial charge in [0.05, 0.1) is 0 Å². The molecule has 24 heavy (non-hydrogen) atoms. The predicted molar refractivity (Wildman–Crippen MR) is 87.1 cm³/mol. The van der Waals surface area contributed by atoms with Crippen LogP contribution in [0.15, 0.2) is 24.3 Å². The van der Waals surface area contributed by atoms with Crippen LogP contribution in [0.5, 0.6) is 11.5 Å². The largest absolute Gasteiger partial charge is 0.454 e. The smallest absolute Gasteiger partial charge is 0.274 e. The molecule has 2 aromatic rings. The first-order chi connectivity index (χ1) is 11.7. The van der Waals surface area contributed by atoms with Crippen LogP contribution >= 0.6 is 0 Å². The summed E-state index contributed by atoms with van der Waals surface area (Å²) in [6, 6.07) is 7.85. The van der Waals surface area contributed by atoms with E-state index in [9.17, 15) is 4.79 Å². The number of aryl methyl sites for hydroxylation is 1. The maximum Gasteiger partial charge on any atom is 0.274 e. The topological polar surface area (TPSA) is 70.7 Å². The number of nitrogens with one attached hydrogen (secondary N) is 1. The summed E-state index contributed by atoms with van der Waals surface area (Å²) in [6.07, 6.45) is 0. The van der Waals surface area contributed by atoms with Gasteiger partial charge in [0.25, 0.3) is 5.91 Å². The van der Waals surface area contributed by atoms with Crippen LogP contribution in [0.4, 0.5) is 0 Å². The number of hydrogen-bond acceptors (Lipinski definition) is 5. The van der Waals surface area contributed by atoms with Gasteiger partial charge in [-0.3, -0.25) is 14.8 Å². The number of fused-ring (bicyclic) bond motifs is 1. The Kier molecular flexibility index (Phi) is 3.86. The molecular formula is C17H20N4O3. The van der Waals surface area contributed by atoms with Gasteiger partial charge in [-0.15, -0.1) is 0 Å². The van der Waals surface area contributed by atoms with Crippen molar-refractivity contribution in [2.45, 2.75) is 13.5 Å². The summed E-state index contributed by atoms with van der Waals surface area (Å²) >= 11 is 0. The number of nitrogens with zero attached hydrogens (tertiary/aromatic N) is 3. The van der Waals surface area contributed by atoms with Crippen LogP contribution in [0.25, 0.3) is 0 Å². The molecule has 0 radical (unpaired) electrons. The van der Waals surface area contributed by atoms with Crippen molar-refractivity contribution in [3.8, 4) is 11.5 Å². The average molecular weight is 328 g/mol. The van der Waals surface area contributed by atoms with Gasteiger partial charge >= 0.3 is 0 Å².